The molecule has 0 spiro atoms. The second-order valence-corrected chi connectivity index (χ2v) is 7.64. The van der Waals surface area contributed by atoms with Crippen LogP contribution in [0.2, 0.25) is 0 Å². The maximum Gasteiger partial charge on any atom is 0.232 e. The molecule has 146 valence electrons. The first kappa shape index (κ1) is 20.6. The van der Waals surface area contributed by atoms with Crippen LogP contribution in [-0.4, -0.2) is 40.8 Å². The molecule has 0 unspecified atom stereocenters. The summed E-state index contributed by atoms with van der Waals surface area (Å²) in [7, 11) is -2.08. The SMILES string of the molecule is CCOc1ccccc1N(CCC(=O)Nc1ccccc1OC)S(C)(=O)=O. The number of sulfonamides is 1. The molecule has 0 aromatic heterocycles. The highest BCUT2D eigenvalue weighted by molar-refractivity contribution is 7.92. The molecule has 27 heavy (non-hydrogen) atoms. The fraction of sp³-hybridized carbons (Fsp3) is 0.316. The number of para-hydroxylation sites is 4. The van der Waals surface area contributed by atoms with Crippen molar-refractivity contribution in [1.82, 2.24) is 0 Å². The second kappa shape index (κ2) is 9.27. The molecule has 0 aliphatic rings. The standard InChI is InChI=1S/C19H24N2O5S/c1-4-26-18-12-8-6-10-16(18)21(27(3,23)24)14-13-19(22)20-15-9-5-7-11-17(15)25-2/h5-12H,4,13-14H2,1-3H3,(H,20,22). The van der Waals surface area contributed by atoms with Crippen LogP contribution in [0.15, 0.2) is 48.5 Å². The van der Waals surface area contributed by atoms with Crippen LogP contribution in [0.3, 0.4) is 0 Å². The maximum absolute atomic E-state index is 12.3. The predicted octanol–water partition coefficient (Wildman–Crippen LogP) is 2.89. The zero-order valence-electron chi connectivity index (χ0n) is 15.6. The van der Waals surface area contributed by atoms with Crippen LogP contribution < -0.4 is 19.1 Å². The van der Waals surface area contributed by atoms with Crippen LogP contribution in [0.4, 0.5) is 11.4 Å². The first-order valence-electron chi connectivity index (χ1n) is 8.49. The third-order valence-corrected chi connectivity index (χ3v) is 4.94. The molecule has 1 amide bonds. The molecule has 0 fully saturated rings. The summed E-state index contributed by atoms with van der Waals surface area (Å²) in [4.78, 5) is 12.3. The summed E-state index contributed by atoms with van der Waals surface area (Å²) < 4.78 is 36.5. The van der Waals surface area contributed by atoms with E-state index in [-0.39, 0.29) is 18.9 Å². The fourth-order valence-corrected chi connectivity index (χ4v) is 3.50. The number of anilines is 2. The van der Waals surface area contributed by atoms with E-state index in [1.54, 1.807) is 48.5 Å². The average Bonchev–Trinajstić information content (AvgIpc) is 2.63. The Morgan fingerprint density at radius 1 is 1.07 bits per heavy atom. The molecule has 0 bridgehead atoms. The monoisotopic (exact) mass is 392 g/mol. The first-order chi connectivity index (χ1) is 12.9. The quantitative estimate of drug-likeness (QED) is 0.709. The lowest BCUT2D eigenvalue weighted by Crippen LogP contribution is -2.33. The van der Waals surface area contributed by atoms with Crippen molar-refractivity contribution in [2.24, 2.45) is 0 Å². The maximum atomic E-state index is 12.3. The lowest BCUT2D eigenvalue weighted by Gasteiger charge is -2.24. The molecule has 7 nitrogen and oxygen atoms in total. The minimum Gasteiger partial charge on any atom is -0.495 e. The summed E-state index contributed by atoms with van der Waals surface area (Å²) in [5.74, 6) is 0.671. The van der Waals surface area contributed by atoms with Crippen molar-refractivity contribution in [3.63, 3.8) is 0 Å². The topological polar surface area (TPSA) is 84.9 Å². The Hall–Kier alpha value is -2.74. The Kier molecular flexibility index (Phi) is 7.06. The van der Waals surface area contributed by atoms with E-state index in [1.807, 2.05) is 6.92 Å². The summed E-state index contributed by atoms with van der Waals surface area (Å²) in [5.41, 5.74) is 0.942. The molecule has 0 heterocycles. The van der Waals surface area contributed by atoms with Crippen LogP contribution in [0.5, 0.6) is 11.5 Å². The molecule has 2 rings (SSSR count). The molecule has 0 aliphatic carbocycles. The number of nitrogens with zero attached hydrogens (tertiary/aromatic N) is 1. The Balaban J connectivity index is 2.15. The number of rotatable bonds is 9. The van der Waals surface area contributed by atoms with E-state index in [2.05, 4.69) is 5.32 Å². The van der Waals surface area contributed by atoms with Crippen LogP contribution in [0.25, 0.3) is 0 Å². The summed E-state index contributed by atoms with van der Waals surface area (Å²) >= 11 is 0. The Bertz CT molecular complexity index is 883. The van der Waals surface area contributed by atoms with Gasteiger partial charge in [-0.1, -0.05) is 24.3 Å². The van der Waals surface area contributed by atoms with E-state index in [9.17, 15) is 13.2 Å². The van der Waals surface area contributed by atoms with Crippen molar-refractivity contribution < 1.29 is 22.7 Å². The van der Waals surface area contributed by atoms with Gasteiger partial charge in [-0.15, -0.1) is 0 Å². The fourth-order valence-electron chi connectivity index (χ4n) is 2.57. The summed E-state index contributed by atoms with van der Waals surface area (Å²) in [5, 5.41) is 2.74. The summed E-state index contributed by atoms with van der Waals surface area (Å²) in [6.07, 6.45) is 1.08. The van der Waals surface area contributed by atoms with Crippen LogP contribution in [0.1, 0.15) is 13.3 Å². The molecular formula is C19H24N2O5S. The second-order valence-electron chi connectivity index (χ2n) is 5.73. The van der Waals surface area contributed by atoms with Gasteiger partial charge in [0.15, 0.2) is 0 Å². The van der Waals surface area contributed by atoms with Crippen molar-refractivity contribution in [1.29, 1.82) is 0 Å². The number of amides is 1. The van der Waals surface area contributed by atoms with Gasteiger partial charge >= 0.3 is 0 Å². The molecule has 0 radical (unpaired) electrons. The third kappa shape index (κ3) is 5.62. The van der Waals surface area contributed by atoms with Gasteiger partial charge in [0.05, 0.1) is 31.3 Å². The molecular weight excluding hydrogens is 368 g/mol. The van der Waals surface area contributed by atoms with Gasteiger partial charge in [0, 0.05) is 13.0 Å². The lowest BCUT2D eigenvalue weighted by atomic mass is 10.2. The minimum absolute atomic E-state index is 0.0100. The van der Waals surface area contributed by atoms with E-state index in [0.29, 0.717) is 29.5 Å². The number of carbonyl (C=O) groups is 1. The van der Waals surface area contributed by atoms with E-state index >= 15 is 0 Å². The third-order valence-electron chi connectivity index (χ3n) is 3.76. The number of hydrogen-bond acceptors (Lipinski definition) is 5. The van der Waals surface area contributed by atoms with Gasteiger partial charge in [-0.3, -0.25) is 9.10 Å². The summed E-state index contributed by atoms with van der Waals surface area (Å²) in [6, 6.07) is 13.9. The lowest BCUT2D eigenvalue weighted by molar-refractivity contribution is -0.116. The Morgan fingerprint density at radius 2 is 1.70 bits per heavy atom. The van der Waals surface area contributed by atoms with Gasteiger partial charge in [-0.2, -0.15) is 0 Å². The van der Waals surface area contributed by atoms with Crippen molar-refractivity contribution in [3.05, 3.63) is 48.5 Å². The predicted molar refractivity (Wildman–Crippen MR) is 106 cm³/mol. The minimum atomic E-state index is -3.59. The van der Waals surface area contributed by atoms with Crippen LogP contribution >= 0.6 is 0 Å². The number of nitrogens with one attached hydrogen (secondary N) is 1. The molecule has 0 aliphatic heterocycles. The molecule has 1 N–H and O–H groups in total. The highest BCUT2D eigenvalue weighted by Crippen LogP contribution is 2.30. The van der Waals surface area contributed by atoms with E-state index < -0.39 is 10.0 Å². The van der Waals surface area contributed by atoms with Gasteiger partial charge in [0.1, 0.15) is 11.5 Å². The van der Waals surface area contributed by atoms with Gasteiger partial charge in [0.2, 0.25) is 15.9 Å². The van der Waals surface area contributed by atoms with Gasteiger partial charge in [0.25, 0.3) is 0 Å². The normalized spacial score (nSPS) is 10.9. The average molecular weight is 392 g/mol. The van der Waals surface area contributed by atoms with E-state index in [4.69, 9.17) is 9.47 Å². The van der Waals surface area contributed by atoms with E-state index in [1.165, 1.54) is 11.4 Å². The molecule has 8 heteroatoms. The first-order valence-corrected chi connectivity index (χ1v) is 10.3. The summed E-state index contributed by atoms with van der Waals surface area (Å²) in [6.45, 7) is 2.22. The zero-order valence-corrected chi connectivity index (χ0v) is 16.5. The van der Waals surface area contributed by atoms with Gasteiger partial charge in [-0.25, -0.2) is 8.42 Å². The van der Waals surface area contributed by atoms with Crippen LogP contribution in [-0.2, 0) is 14.8 Å². The van der Waals surface area contributed by atoms with E-state index in [0.717, 1.165) is 6.26 Å². The largest absolute Gasteiger partial charge is 0.495 e. The number of methoxy groups -OCH3 is 1. The molecule has 0 saturated carbocycles. The van der Waals surface area contributed by atoms with Gasteiger partial charge in [-0.05, 0) is 31.2 Å². The highest BCUT2D eigenvalue weighted by Gasteiger charge is 2.22. The molecule has 2 aromatic carbocycles. The van der Waals surface area contributed by atoms with Crippen molar-refractivity contribution in [3.8, 4) is 11.5 Å². The van der Waals surface area contributed by atoms with Gasteiger partial charge < -0.3 is 14.8 Å². The Morgan fingerprint density at radius 3 is 2.33 bits per heavy atom. The van der Waals surface area contributed by atoms with Crippen molar-refractivity contribution >= 4 is 27.3 Å². The van der Waals surface area contributed by atoms with Crippen LogP contribution in [0, 0.1) is 0 Å². The number of benzene rings is 2. The number of carbonyl (C=O) groups excluding carboxylic acids is 1. The smallest absolute Gasteiger partial charge is 0.232 e. The molecule has 0 saturated heterocycles. The van der Waals surface area contributed by atoms with Crippen molar-refractivity contribution in [2.75, 3.05) is 36.1 Å². The highest BCUT2D eigenvalue weighted by atomic mass is 32.2. The zero-order chi connectivity index (χ0) is 19.9. The Labute approximate surface area is 160 Å². The molecule has 2 aromatic rings. The van der Waals surface area contributed by atoms with Crippen molar-refractivity contribution in [2.45, 2.75) is 13.3 Å². The molecule has 0 atom stereocenters. The number of hydrogen-bond donors (Lipinski definition) is 1. The number of ether oxygens (including phenoxy) is 2.